The van der Waals surface area contributed by atoms with Gasteiger partial charge in [0.25, 0.3) is 0 Å². The topological polar surface area (TPSA) is 46.8 Å². The molecule has 0 N–H and O–H groups in total. The summed E-state index contributed by atoms with van der Waals surface area (Å²) >= 11 is 1.77. The van der Waals surface area contributed by atoms with Crippen molar-refractivity contribution >= 4 is 11.3 Å². The summed E-state index contributed by atoms with van der Waals surface area (Å²) in [4.78, 5) is 8.36. The molecule has 118 valence electrons. The van der Waals surface area contributed by atoms with Gasteiger partial charge in [0, 0.05) is 18.0 Å². The van der Waals surface area contributed by atoms with E-state index in [9.17, 15) is 0 Å². The Balaban J connectivity index is 1.55. The highest BCUT2D eigenvalue weighted by Gasteiger charge is 2.30. The molecular weight excluding hydrogens is 294 g/mol. The van der Waals surface area contributed by atoms with E-state index in [1.54, 1.807) is 11.3 Å². The molecule has 2 aromatic rings. The van der Waals surface area contributed by atoms with Crippen molar-refractivity contribution in [3.8, 4) is 0 Å². The molecule has 1 aliphatic carbocycles. The Labute approximate surface area is 135 Å². The van der Waals surface area contributed by atoms with Gasteiger partial charge in [0.05, 0.1) is 17.2 Å². The molecule has 2 aromatic heterocycles. The van der Waals surface area contributed by atoms with Crippen LogP contribution in [0.5, 0.6) is 0 Å². The highest BCUT2D eigenvalue weighted by atomic mass is 32.1. The van der Waals surface area contributed by atoms with E-state index < -0.39 is 0 Å². The van der Waals surface area contributed by atoms with E-state index in [1.807, 2.05) is 11.8 Å². The van der Waals surface area contributed by atoms with Crippen LogP contribution in [0.3, 0.4) is 0 Å². The molecule has 22 heavy (non-hydrogen) atoms. The van der Waals surface area contributed by atoms with Gasteiger partial charge in [-0.1, -0.05) is 6.42 Å². The molecule has 1 saturated heterocycles. The zero-order valence-corrected chi connectivity index (χ0v) is 13.9. The maximum absolute atomic E-state index is 4.48. The van der Waals surface area contributed by atoms with Crippen molar-refractivity contribution in [2.24, 2.45) is 5.92 Å². The van der Waals surface area contributed by atoms with Gasteiger partial charge in [0.15, 0.2) is 0 Å². The first-order valence-electron chi connectivity index (χ1n) is 8.32. The lowest BCUT2D eigenvalue weighted by Gasteiger charge is -2.34. The molecule has 4 rings (SSSR count). The summed E-state index contributed by atoms with van der Waals surface area (Å²) in [7, 11) is 0. The van der Waals surface area contributed by atoms with Crippen molar-refractivity contribution in [1.82, 2.24) is 24.6 Å². The second-order valence-electron chi connectivity index (χ2n) is 6.63. The summed E-state index contributed by atoms with van der Waals surface area (Å²) in [6, 6.07) is 0.413. The van der Waals surface area contributed by atoms with Crippen molar-refractivity contribution in [2.75, 3.05) is 6.54 Å². The Hall–Kier alpha value is -1.27. The fourth-order valence-electron chi connectivity index (χ4n) is 3.38. The lowest BCUT2D eigenvalue weighted by Crippen LogP contribution is -2.34. The van der Waals surface area contributed by atoms with Gasteiger partial charge < -0.3 is 4.57 Å². The van der Waals surface area contributed by atoms with Crippen LogP contribution in [-0.4, -0.2) is 31.2 Å². The van der Waals surface area contributed by atoms with Crippen LogP contribution in [0.2, 0.25) is 0 Å². The van der Waals surface area contributed by atoms with Crippen LogP contribution in [0.4, 0.5) is 0 Å². The standard InChI is InChI=1S/C16H23N5S/c1-12-15(22-11-17-12)9-20-7-3-2-4-14(20)16-19-18-10-21(16)8-13-5-6-13/h10-11,13-14H,2-9H2,1H3/t14-/m0/s1. The molecular formula is C16H23N5S. The van der Waals surface area contributed by atoms with Crippen LogP contribution in [0.25, 0.3) is 0 Å². The van der Waals surface area contributed by atoms with Crippen LogP contribution in [-0.2, 0) is 13.1 Å². The number of nitrogens with zero attached hydrogens (tertiary/aromatic N) is 5. The molecule has 0 unspecified atom stereocenters. The zero-order valence-electron chi connectivity index (χ0n) is 13.1. The molecule has 5 nitrogen and oxygen atoms in total. The molecule has 2 fully saturated rings. The monoisotopic (exact) mass is 317 g/mol. The molecule has 6 heteroatoms. The predicted octanol–water partition coefficient (Wildman–Crippen LogP) is 3.18. The minimum atomic E-state index is 0.413. The highest BCUT2D eigenvalue weighted by Crippen LogP contribution is 2.35. The number of hydrogen-bond acceptors (Lipinski definition) is 5. The molecule has 1 atom stereocenters. The van der Waals surface area contributed by atoms with Crippen LogP contribution >= 0.6 is 11.3 Å². The minimum absolute atomic E-state index is 0.413. The van der Waals surface area contributed by atoms with Crippen molar-refractivity contribution in [3.63, 3.8) is 0 Å². The van der Waals surface area contributed by atoms with Crippen LogP contribution in [0, 0.1) is 12.8 Å². The Morgan fingerprint density at radius 2 is 2.18 bits per heavy atom. The largest absolute Gasteiger partial charge is 0.316 e. The molecule has 2 aliphatic rings. The van der Waals surface area contributed by atoms with Crippen molar-refractivity contribution in [1.29, 1.82) is 0 Å². The minimum Gasteiger partial charge on any atom is -0.316 e. The van der Waals surface area contributed by atoms with Gasteiger partial charge in [-0.2, -0.15) is 0 Å². The Morgan fingerprint density at radius 1 is 1.27 bits per heavy atom. The second kappa shape index (κ2) is 6.08. The number of rotatable bonds is 5. The third-order valence-electron chi connectivity index (χ3n) is 4.90. The lowest BCUT2D eigenvalue weighted by atomic mass is 10.0. The van der Waals surface area contributed by atoms with Crippen LogP contribution < -0.4 is 0 Å². The maximum atomic E-state index is 4.48. The van der Waals surface area contributed by atoms with E-state index in [4.69, 9.17) is 0 Å². The molecule has 1 saturated carbocycles. The Morgan fingerprint density at radius 3 is 2.95 bits per heavy atom. The van der Waals surface area contributed by atoms with Gasteiger partial charge in [0.1, 0.15) is 12.2 Å². The van der Waals surface area contributed by atoms with Crippen LogP contribution in [0.15, 0.2) is 11.8 Å². The Bertz CT molecular complexity index is 630. The summed E-state index contributed by atoms with van der Waals surface area (Å²) in [6.45, 7) is 5.36. The number of aromatic nitrogens is 4. The molecule has 0 bridgehead atoms. The summed E-state index contributed by atoms with van der Waals surface area (Å²) in [5.74, 6) is 2.03. The van der Waals surface area contributed by atoms with Crippen molar-refractivity contribution < 1.29 is 0 Å². The molecule has 3 heterocycles. The fraction of sp³-hybridized carbons (Fsp3) is 0.688. The van der Waals surface area contributed by atoms with E-state index in [0.717, 1.165) is 25.6 Å². The second-order valence-corrected chi connectivity index (χ2v) is 7.57. The molecule has 0 spiro atoms. The summed E-state index contributed by atoms with van der Waals surface area (Å²) in [6.07, 6.45) is 8.43. The summed E-state index contributed by atoms with van der Waals surface area (Å²) in [5.41, 5.74) is 3.13. The number of hydrogen-bond donors (Lipinski definition) is 0. The first kappa shape index (κ1) is 14.3. The SMILES string of the molecule is Cc1ncsc1CN1CCCC[C@H]1c1nncn1CC1CC1. The van der Waals surface area contributed by atoms with Crippen molar-refractivity contribution in [2.45, 2.75) is 58.2 Å². The van der Waals surface area contributed by atoms with Gasteiger partial charge >= 0.3 is 0 Å². The van der Waals surface area contributed by atoms with E-state index in [-0.39, 0.29) is 0 Å². The average Bonchev–Trinajstić information content (AvgIpc) is 3.07. The van der Waals surface area contributed by atoms with Gasteiger partial charge in [-0.3, -0.25) is 4.90 Å². The van der Waals surface area contributed by atoms with E-state index >= 15 is 0 Å². The van der Waals surface area contributed by atoms with Crippen molar-refractivity contribution in [3.05, 3.63) is 28.2 Å². The maximum Gasteiger partial charge on any atom is 0.150 e. The molecule has 0 radical (unpaired) electrons. The quantitative estimate of drug-likeness (QED) is 0.850. The van der Waals surface area contributed by atoms with E-state index in [0.29, 0.717) is 6.04 Å². The molecule has 0 aromatic carbocycles. The van der Waals surface area contributed by atoms with Gasteiger partial charge in [0.2, 0.25) is 0 Å². The zero-order chi connectivity index (χ0) is 14.9. The van der Waals surface area contributed by atoms with Gasteiger partial charge in [-0.05, 0) is 45.1 Å². The fourth-order valence-corrected chi connectivity index (χ4v) is 4.18. The van der Waals surface area contributed by atoms with Gasteiger partial charge in [-0.15, -0.1) is 21.5 Å². The van der Waals surface area contributed by atoms with Gasteiger partial charge in [-0.25, -0.2) is 4.98 Å². The summed E-state index contributed by atoms with van der Waals surface area (Å²) in [5, 5.41) is 8.69. The lowest BCUT2D eigenvalue weighted by molar-refractivity contribution is 0.131. The number of thiazole rings is 1. The Kier molecular flexibility index (Phi) is 3.96. The first-order chi connectivity index (χ1) is 10.8. The van der Waals surface area contributed by atoms with E-state index in [2.05, 4.69) is 31.6 Å². The molecule has 0 amide bonds. The number of aryl methyl sites for hydroxylation is 1. The molecule has 1 aliphatic heterocycles. The van der Waals surface area contributed by atoms with E-state index in [1.165, 1.54) is 48.5 Å². The normalized spacial score (nSPS) is 23.0. The number of piperidine rings is 1. The number of likely N-dealkylation sites (tertiary alicyclic amines) is 1. The summed E-state index contributed by atoms with van der Waals surface area (Å²) < 4.78 is 2.31. The van der Waals surface area contributed by atoms with Crippen LogP contribution in [0.1, 0.15) is 54.5 Å². The first-order valence-corrected chi connectivity index (χ1v) is 9.20. The third kappa shape index (κ3) is 2.94. The smallest absolute Gasteiger partial charge is 0.150 e. The third-order valence-corrected chi connectivity index (χ3v) is 5.82. The highest BCUT2D eigenvalue weighted by molar-refractivity contribution is 7.09. The average molecular weight is 317 g/mol. The predicted molar refractivity (Wildman–Crippen MR) is 86.6 cm³/mol.